The van der Waals surface area contributed by atoms with Crippen molar-refractivity contribution in [2.75, 3.05) is 11.9 Å². The topological polar surface area (TPSA) is 56.2 Å². The number of benzene rings is 2. The summed E-state index contributed by atoms with van der Waals surface area (Å²) < 4.78 is 7.52. The molecule has 134 valence electrons. The number of nitrogens with zero attached hydrogens (tertiary/aromatic N) is 2. The SMILES string of the molecule is Cn1cc(C(=O)Nc2nc(-c3ccc4c(c3)CCO4)cs2)c2ccccc21. The van der Waals surface area contributed by atoms with Crippen LogP contribution < -0.4 is 10.1 Å². The number of aryl methyl sites for hydroxylation is 1. The highest BCUT2D eigenvalue weighted by Gasteiger charge is 2.17. The minimum atomic E-state index is -0.143. The van der Waals surface area contributed by atoms with Gasteiger partial charge in [-0.2, -0.15) is 0 Å². The van der Waals surface area contributed by atoms with Crippen LogP contribution in [0, 0.1) is 0 Å². The summed E-state index contributed by atoms with van der Waals surface area (Å²) in [4.78, 5) is 17.4. The van der Waals surface area contributed by atoms with Gasteiger partial charge in [-0.05, 0) is 29.8 Å². The molecule has 5 nitrogen and oxygen atoms in total. The number of rotatable bonds is 3. The molecule has 1 N–H and O–H groups in total. The first-order valence-corrected chi connectivity index (χ1v) is 9.64. The van der Waals surface area contributed by atoms with Gasteiger partial charge in [-0.15, -0.1) is 11.3 Å². The van der Waals surface area contributed by atoms with Crippen molar-refractivity contribution in [3.05, 3.63) is 65.2 Å². The predicted molar refractivity (Wildman–Crippen MR) is 108 cm³/mol. The lowest BCUT2D eigenvalue weighted by molar-refractivity contribution is 0.102. The molecule has 0 aliphatic carbocycles. The van der Waals surface area contributed by atoms with Crippen LogP contribution in [0.2, 0.25) is 0 Å². The molecule has 2 aromatic heterocycles. The summed E-state index contributed by atoms with van der Waals surface area (Å²) >= 11 is 1.43. The molecule has 0 spiro atoms. The highest BCUT2D eigenvalue weighted by molar-refractivity contribution is 7.14. The maximum atomic E-state index is 12.8. The van der Waals surface area contributed by atoms with Gasteiger partial charge in [0.15, 0.2) is 5.13 Å². The lowest BCUT2D eigenvalue weighted by Crippen LogP contribution is -2.11. The van der Waals surface area contributed by atoms with Crippen LogP contribution in [0.1, 0.15) is 15.9 Å². The molecule has 6 heteroatoms. The Morgan fingerprint density at radius 1 is 1.26 bits per heavy atom. The second-order valence-corrected chi connectivity index (χ2v) is 7.44. The van der Waals surface area contributed by atoms with Gasteiger partial charge < -0.3 is 9.30 Å². The van der Waals surface area contributed by atoms with E-state index in [0.29, 0.717) is 10.7 Å². The van der Waals surface area contributed by atoms with Gasteiger partial charge in [0.05, 0.1) is 17.9 Å². The van der Waals surface area contributed by atoms with E-state index < -0.39 is 0 Å². The van der Waals surface area contributed by atoms with Crippen LogP contribution in [0.15, 0.2) is 54.0 Å². The Bertz CT molecular complexity index is 1180. The number of para-hydroxylation sites is 1. The van der Waals surface area contributed by atoms with Gasteiger partial charge in [0.1, 0.15) is 5.75 Å². The number of amides is 1. The summed E-state index contributed by atoms with van der Waals surface area (Å²) in [5.74, 6) is 0.813. The third-order valence-corrected chi connectivity index (χ3v) is 5.61. The van der Waals surface area contributed by atoms with E-state index in [-0.39, 0.29) is 5.91 Å². The van der Waals surface area contributed by atoms with Gasteiger partial charge in [0.2, 0.25) is 0 Å². The molecule has 0 radical (unpaired) electrons. The summed E-state index contributed by atoms with van der Waals surface area (Å²) in [5.41, 5.74) is 4.80. The molecule has 2 aromatic carbocycles. The molecule has 1 aliphatic rings. The average Bonchev–Trinajstić information content (AvgIpc) is 3.40. The lowest BCUT2D eigenvalue weighted by atomic mass is 10.1. The van der Waals surface area contributed by atoms with Crippen molar-refractivity contribution in [1.29, 1.82) is 0 Å². The predicted octanol–water partition coefficient (Wildman–Crippen LogP) is 4.49. The largest absolute Gasteiger partial charge is 0.493 e. The van der Waals surface area contributed by atoms with Crippen LogP contribution in [0.4, 0.5) is 5.13 Å². The Balaban J connectivity index is 1.41. The zero-order valence-electron chi connectivity index (χ0n) is 14.7. The normalized spacial score (nSPS) is 12.8. The van der Waals surface area contributed by atoms with Crippen LogP contribution in [-0.2, 0) is 13.5 Å². The number of nitrogens with one attached hydrogen (secondary N) is 1. The average molecular weight is 375 g/mol. The molecule has 4 aromatic rings. The summed E-state index contributed by atoms with van der Waals surface area (Å²) in [6.45, 7) is 0.738. The highest BCUT2D eigenvalue weighted by Crippen LogP contribution is 2.32. The summed E-state index contributed by atoms with van der Waals surface area (Å²) in [6, 6.07) is 14.0. The number of carbonyl (C=O) groups is 1. The van der Waals surface area contributed by atoms with E-state index in [4.69, 9.17) is 4.74 Å². The van der Waals surface area contributed by atoms with Crippen molar-refractivity contribution in [3.63, 3.8) is 0 Å². The zero-order chi connectivity index (χ0) is 18.4. The van der Waals surface area contributed by atoms with E-state index in [9.17, 15) is 4.79 Å². The first-order chi connectivity index (χ1) is 13.2. The standard InChI is InChI=1S/C21H17N3O2S/c1-24-11-16(15-4-2-3-5-18(15)24)20(25)23-21-22-17(12-27-21)13-6-7-19-14(10-13)8-9-26-19/h2-7,10-12H,8-9H2,1H3,(H,22,23,25). The Kier molecular flexibility index (Phi) is 3.72. The molecule has 0 bridgehead atoms. The van der Waals surface area contributed by atoms with Crippen molar-refractivity contribution in [2.24, 2.45) is 7.05 Å². The number of anilines is 1. The van der Waals surface area contributed by atoms with Crippen LogP contribution in [0.5, 0.6) is 5.75 Å². The molecule has 5 rings (SSSR count). The number of ether oxygens (including phenoxy) is 1. The van der Waals surface area contributed by atoms with E-state index in [1.807, 2.05) is 59.6 Å². The van der Waals surface area contributed by atoms with E-state index >= 15 is 0 Å². The fourth-order valence-corrected chi connectivity index (χ4v) is 4.21. The Hall–Kier alpha value is -3.12. The summed E-state index contributed by atoms with van der Waals surface area (Å²) in [7, 11) is 1.94. The minimum Gasteiger partial charge on any atom is -0.493 e. The van der Waals surface area contributed by atoms with Gasteiger partial charge >= 0.3 is 0 Å². The fraction of sp³-hybridized carbons (Fsp3) is 0.143. The molecule has 27 heavy (non-hydrogen) atoms. The molecule has 0 saturated heterocycles. The van der Waals surface area contributed by atoms with Gasteiger partial charge in [0, 0.05) is 41.5 Å². The molecular formula is C21H17N3O2S. The molecule has 1 amide bonds. The molecule has 0 atom stereocenters. The molecule has 0 fully saturated rings. The van der Waals surface area contributed by atoms with Crippen molar-refractivity contribution in [2.45, 2.75) is 6.42 Å². The van der Waals surface area contributed by atoms with Crippen molar-refractivity contribution < 1.29 is 9.53 Å². The van der Waals surface area contributed by atoms with Gasteiger partial charge in [0.25, 0.3) is 5.91 Å². The van der Waals surface area contributed by atoms with Crippen molar-refractivity contribution >= 4 is 33.3 Å². The van der Waals surface area contributed by atoms with Gasteiger partial charge in [-0.3, -0.25) is 10.1 Å². The molecule has 0 saturated carbocycles. The third-order valence-electron chi connectivity index (χ3n) is 4.85. The number of hydrogen-bond donors (Lipinski definition) is 1. The second-order valence-electron chi connectivity index (χ2n) is 6.58. The lowest BCUT2D eigenvalue weighted by Gasteiger charge is -2.02. The maximum Gasteiger partial charge on any atom is 0.259 e. The maximum absolute atomic E-state index is 12.8. The first-order valence-electron chi connectivity index (χ1n) is 8.76. The summed E-state index contributed by atoms with van der Waals surface area (Å²) in [5, 5.41) is 6.44. The van der Waals surface area contributed by atoms with Crippen LogP contribution in [0.3, 0.4) is 0 Å². The number of hydrogen-bond acceptors (Lipinski definition) is 4. The summed E-state index contributed by atoms with van der Waals surface area (Å²) in [6.07, 6.45) is 2.78. The smallest absolute Gasteiger partial charge is 0.259 e. The molecule has 3 heterocycles. The van der Waals surface area contributed by atoms with E-state index in [0.717, 1.165) is 40.9 Å². The number of fused-ring (bicyclic) bond motifs is 2. The van der Waals surface area contributed by atoms with Crippen molar-refractivity contribution in [3.8, 4) is 17.0 Å². The van der Waals surface area contributed by atoms with Crippen LogP contribution >= 0.6 is 11.3 Å². The minimum absolute atomic E-state index is 0.143. The molecule has 0 unspecified atom stereocenters. The monoisotopic (exact) mass is 375 g/mol. The Morgan fingerprint density at radius 3 is 3.07 bits per heavy atom. The number of carbonyl (C=O) groups excluding carboxylic acids is 1. The van der Waals surface area contributed by atoms with Gasteiger partial charge in [-0.1, -0.05) is 18.2 Å². The fourth-order valence-electron chi connectivity index (χ4n) is 3.50. The van der Waals surface area contributed by atoms with Crippen molar-refractivity contribution in [1.82, 2.24) is 9.55 Å². The quantitative estimate of drug-likeness (QED) is 0.574. The Morgan fingerprint density at radius 2 is 2.15 bits per heavy atom. The zero-order valence-corrected chi connectivity index (χ0v) is 15.5. The first kappa shape index (κ1) is 16.1. The highest BCUT2D eigenvalue weighted by atomic mass is 32.1. The second kappa shape index (κ2) is 6.25. The molecule has 1 aliphatic heterocycles. The molecular weight excluding hydrogens is 358 g/mol. The Labute approximate surface area is 160 Å². The van der Waals surface area contributed by atoms with Gasteiger partial charge in [-0.25, -0.2) is 4.98 Å². The third kappa shape index (κ3) is 2.78. The van der Waals surface area contributed by atoms with E-state index in [2.05, 4.69) is 16.4 Å². The van der Waals surface area contributed by atoms with E-state index in [1.165, 1.54) is 16.9 Å². The number of thiazole rings is 1. The van der Waals surface area contributed by atoms with Crippen LogP contribution in [0.25, 0.3) is 22.2 Å². The van der Waals surface area contributed by atoms with E-state index in [1.54, 1.807) is 0 Å². The number of aromatic nitrogens is 2. The van der Waals surface area contributed by atoms with Crippen LogP contribution in [-0.4, -0.2) is 22.1 Å².